The van der Waals surface area contributed by atoms with Crippen LogP contribution >= 0.6 is 0 Å². The minimum Gasteiger partial charge on any atom is -0.452 e. The predicted molar refractivity (Wildman–Crippen MR) is 123 cm³/mol. The number of piperazine rings is 1. The van der Waals surface area contributed by atoms with Gasteiger partial charge >= 0.3 is 6.18 Å². The van der Waals surface area contributed by atoms with Gasteiger partial charge in [0.15, 0.2) is 10.8 Å². The molecule has 0 aromatic rings. The van der Waals surface area contributed by atoms with Gasteiger partial charge in [-0.3, -0.25) is 9.69 Å². The van der Waals surface area contributed by atoms with Gasteiger partial charge in [0.1, 0.15) is 16.6 Å². The van der Waals surface area contributed by atoms with Crippen LogP contribution in [0.3, 0.4) is 0 Å². The van der Waals surface area contributed by atoms with Crippen molar-refractivity contribution in [3.05, 3.63) is 84.3 Å². The lowest BCUT2D eigenvalue weighted by Gasteiger charge is -2.37. The van der Waals surface area contributed by atoms with Gasteiger partial charge in [-0.2, -0.15) is 13.2 Å². The molecule has 1 saturated heterocycles. The second-order valence-corrected chi connectivity index (χ2v) is 9.16. The molecule has 0 saturated carbocycles. The standard InChI is InChI=1S/C26H25F4N3O2/c1-15-16(2)24(34)22(25-23(15)31-19-5-3-4-6-21(19)35-25)17-7-8-20(18(27)13-17)33-11-9-32(10-12-33)14-26(28,29)30/h3-4,6-8H,5,9-14H2,1-2H3. The Hall–Kier alpha value is -3.20. The second kappa shape index (κ2) is 8.78. The summed E-state index contributed by atoms with van der Waals surface area (Å²) in [5.74, 6) is -0.419. The molecule has 1 fully saturated rings. The summed E-state index contributed by atoms with van der Waals surface area (Å²) in [5, 5.41) is 0.901. The van der Waals surface area contributed by atoms with Crippen LogP contribution in [0.5, 0.6) is 0 Å². The van der Waals surface area contributed by atoms with Crippen molar-refractivity contribution in [2.24, 2.45) is 0 Å². The molecular formula is C26H25F4N3O2. The Balaban J connectivity index is 1.54. The van der Waals surface area contributed by atoms with E-state index in [1.54, 1.807) is 30.1 Å². The van der Waals surface area contributed by atoms with E-state index in [1.807, 2.05) is 19.1 Å². The molecule has 0 spiro atoms. The third kappa shape index (κ3) is 4.45. The minimum atomic E-state index is -4.25. The van der Waals surface area contributed by atoms with E-state index in [2.05, 4.69) is 0 Å². The van der Waals surface area contributed by atoms with Gasteiger partial charge in [0.05, 0.1) is 23.2 Å². The van der Waals surface area contributed by atoms with Crippen molar-refractivity contribution in [2.45, 2.75) is 32.9 Å². The molecule has 0 unspecified atom stereocenters. The van der Waals surface area contributed by atoms with Crippen LogP contribution in [0.25, 0.3) is 11.6 Å². The third-order valence-electron chi connectivity index (χ3n) is 6.87. The molecule has 0 aromatic heterocycles. The minimum absolute atomic E-state index is 0.0995. The first-order chi connectivity index (χ1) is 16.6. The SMILES string of the molecule is Cc1c(C)c(=O)c(=C2C=CC(N3CCN(CC(F)(F)F)CC3)=C(F)C2)c2oc3c(nc1=2)CC=CC=3. The number of allylic oxidation sites excluding steroid dienone is 5. The first-order valence-corrected chi connectivity index (χ1v) is 11.6. The van der Waals surface area contributed by atoms with Crippen molar-refractivity contribution in [3.63, 3.8) is 0 Å². The monoisotopic (exact) mass is 487 g/mol. The van der Waals surface area contributed by atoms with E-state index >= 15 is 4.39 Å². The zero-order chi connectivity index (χ0) is 24.9. The van der Waals surface area contributed by atoms with Crippen LogP contribution in [0.2, 0.25) is 0 Å². The molecule has 0 bridgehead atoms. The summed E-state index contributed by atoms with van der Waals surface area (Å²) in [5.41, 5.74) is 3.63. The summed E-state index contributed by atoms with van der Waals surface area (Å²) in [6, 6.07) is 0. The summed E-state index contributed by atoms with van der Waals surface area (Å²) in [4.78, 5) is 21.1. The molecule has 5 rings (SSSR count). The van der Waals surface area contributed by atoms with Gasteiger partial charge in [0.25, 0.3) is 0 Å². The van der Waals surface area contributed by atoms with Gasteiger partial charge < -0.3 is 9.32 Å². The van der Waals surface area contributed by atoms with Crippen molar-refractivity contribution in [3.8, 4) is 0 Å². The molecule has 184 valence electrons. The van der Waals surface area contributed by atoms with Crippen molar-refractivity contribution in [1.29, 1.82) is 0 Å². The molecule has 2 heterocycles. The summed E-state index contributed by atoms with van der Waals surface area (Å²) in [6.45, 7) is 3.61. The van der Waals surface area contributed by atoms with E-state index in [4.69, 9.17) is 9.40 Å². The van der Waals surface area contributed by atoms with Crippen LogP contribution in [0.15, 0.2) is 45.0 Å². The molecule has 35 heavy (non-hydrogen) atoms. The van der Waals surface area contributed by atoms with E-state index in [0.717, 1.165) is 11.3 Å². The summed E-state index contributed by atoms with van der Waals surface area (Å²) < 4.78 is 59.5. The number of rotatable bonds is 2. The maximum absolute atomic E-state index is 15.3. The molecule has 5 aliphatic rings. The molecule has 0 aromatic carbocycles. The van der Waals surface area contributed by atoms with Gasteiger partial charge in [-0.25, -0.2) is 9.37 Å². The van der Waals surface area contributed by atoms with Crippen molar-refractivity contribution in [1.82, 2.24) is 14.8 Å². The van der Waals surface area contributed by atoms with Crippen LogP contribution in [-0.2, 0) is 6.42 Å². The van der Waals surface area contributed by atoms with Gasteiger partial charge in [-0.1, -0.05) is 18.2 Å². The second-order valence-electron chi connectivity index (χ2n) is 9.16. The molecular weight excluding hydrogens is 462 g/mol. The normalized spacial score (nSPS) is 20.5. The molecule has 0 N–H and O–H groups in total. The fourth-order valence-corrected chi connectivity index (χ4v) is 4.86. The van der Waals surface area contributed by atoms with Gasteiger partial charge in [0, 0.05) is 44.6 Å². The maximum atomic E-state index is 15.3. The molecule has 5 nitrogen and oxygen atoms in total. The molecule has 2 aliphatic heterocycles. The number of halogens is 4. The lowest BCUT2D eigenvalue weighted by molar-refractivity contribution is -0.148. The Labute approximate surface area is 198 Å². The highest BCUT2D eigenvalue weighted by atomic mass is 19.4. The zero-order valence-corrected chi connectivity index (χ0v) is 19.5. The first-order valence-electron chi connectivity index (χ1n) is 11.6. The van der Waals surface area contributed by atoms with E-state index in [-0.39, 0.29) is 24.9 Å². The first kappa shape index (κ1) is 23.5. The van der Waals surface area contributed by atoms with Gasteiger partial charge in [0.2, 0.25) is 0 Å². The van der Waals surface area contributed by atoms with Gasteiger partial charge in [-0.05, 0) is 37.1 Å². The fourth-order valence-electron chi connectivity index (χ4n) is 4.86. The van der Waals surface area contributed by atoms with Gasteiger partial charge in [-0.15, -0.1) is 0 Å². The Morgan fingerprint density at radius 3 is 2.51 bits per heavy atom. The predicted octanol–water partition coefficient (Wildman–Crippen LogP) is 2.74. The van der Waals surface area contributed by atoms with Crippen molar-refractivity contribution >= 4 is 11.6 Å². The largest absolute Gasteiger partial charge is 0.452 e. The quantitative estimate of drug-likeness (QED) is 0.610. The molecule has 0 atom stereocenters. The summed E-state index contributed by atoms with van der Waals surface area (Å²) in [7, 11) is 0. The van der Waals surface area contributed by atoms with E-state index in [0.29, 0.717) is 57.7 Å². The number of nitrogens with zero attached hydrogens (tertiary/aromatic N) is 3. The molecule has 0 radical (unpaired) electrons. The van der Waals surface area contributed by atoms with Crippen LogP contribution in [0.1, 0.15) is 23.2 Å². The van der Waals surface area contributed by atoms with Crippen LogP contribution in [0, 0.1) is 24.6 Å². The number of aromatic nitrogens is 1. The topological polar surface area (TPSA) is 49.6 Å². The Morgan fingerprint density at radius 1 is 1.09 bits per heavy atom. The maximum Gasteiger partial charge on any atom is 0.401 e. The summed E-state index contributed by atoms with van der Waals surface area (Å²) >= 11 is 0. The zero-order valence-electron chi connectivity index (χ0n) is 19.5. The van der Waals surface area contributed by atoms with Crippen LogP contribution < -0.4 is 16.1 Å². The molecule has 3 aliphatic carbocycles. The van der Waals surface area contributed by atoms with Crippen molar-refractivity contribution in [2.75, 3.05) is 32.7 Å². The number of hydrogen-bond acceptors (Lipinski definition) is 5. The lowest BCUT2D eigenvalue weighted by atomic mass is 9.98. The van der Waals surface area contributed by atoms with Crippen molar-refractivity contribution < 1.29 is 22.0 Å². The number of hydrogen-bond donors (Lipinski definition) is 0. The molecule has 0 amide bonds. The third-order valence-corrected chi connectivity index (χ3v) is 6.87. The average Bonchev–Trinajstić information content (AvgIpc) is 2.82. The highest BCUT2D eigenvalue weighted by Gasteiger charge is 2.33. The summed E-state index contributed by atoms with van der Waals surface area (Å²) in [6.07, 6.45) is 5.24. The molecule has 9 heteroatoms. The highest BCUT2D eigenvalue weighted by Crippen LogP contribution is 2.28. The van der Waals surface area contributed by atoms with E-state index in [9.17, 15) is 18.0 Å². The van der Waals surface area contributed by atoms with E-state index < -0.39 is 18.5 Å². The van der Waals surface area contributed by atoms with Crippen LogP contribution in [-0.4, -0.2) is 53.7 Å². The smallest absolute Gasteiger partial charge is 0.401 e. The Morgan fingerprint density at radius 2 is 1.83 bits per heavy atom. The fraction of sp³-hybridized carbons (Fsp3) is 0.385. The lowest BCUT2D eigenvalue weighted by Crippen LogP contribution is -2.48. The number of alkyl halides is 3. The Bertz CT molecular complexity index is 1520. The number of fused-ring (bicyclic) bond motifs is 1. The van der Waals surface area contributed by atoms with Crippen LogP contribution in [0.4, 0.5) is 17.6 Å². The highest BCUT2D eigenvalue weighted by molar-refractivity contribution is 5.63. The van der Waals surface area contributed by atoms with E-state index in [1.165, 1.54) is 4.90 Å². The Kier molecular flexibility index (Phi) is 5.91. The average molecular weight is 487 g/mol.